The predicted molar refractivity (Wildman–Crippen MR) is 104 cm³/mol. The lowest BCUT2D eigenvalue weighted by atomic mass is 10.1. The third-order valence-corrected chi connectivity index (χ3v) is 4.84. The van der Waals surface area contributed by atoms with Gasteiger partial charge < -0.3 is 10.1 Å². The molecule has 0 aliphatic rings. The fourth-order valence-electron chi connectivity index (χ4n) is 2.28. The molecule has 8 nitrogen and oxygen atoms in total. The number of sulfone groups is 1. The normalized spacial score (nSPS) is 11.3. The zero-order chi connectivity index (χ0) is 20.9. The van der Waals surface area contributed by atoms with Crippen LogP contribution < -0.4 is 10.1 Å². The maximum absolute atomic E-state index is 12.4. The molecule has 28 heavy (non-hydrogen) atoms. The van der Waals surface area contributed by atoms with Gasteiger partial charge >= 0.3 is 0 Å². The Morgan fingerprint density at radius 3 is 2.36 bits per heavy atom. The summed E-state index contributed by atoms with van der Waals surface area (Å²) in [5.41, 5.74) is 0.255. The molecule has 0 heterocycles. The second-order valence-electron chi connectivity index (χ2n) is 6.78. The van der Waals surface area contributed by atoms with E-state index in [2.05, 4.69) is 5.32 Å². The summed E-state index contributed by atoms with van der Waals surface area (Å²) in [6.07, 6.45) is 0.927. The molecule has 0 aliphatic heterocycles. The predicted octanol–water partition coefficient (Wildman–Crippen LogP) is 2.96. The van der Waals surface area contributed by atoms with E-state index in [9.17, 15) is 23.3 Å². The summed E-state index contributed by atoms with van der Waals surface area (Å²) in [6.45, 7) is 4.88. The van der Waals surface area contributed by atoms with E-state index >= 15 is 0 Å². The van der Waals surface area contributed by atoms with E-state index < -0.39 is 26.4 Å². The Labute approximate surface area is 163 Å². The summed E-state index contributed by atoms with van der Waals surface area (Å²) >= 11 is 0. The lowest BCUT2D eigenvalue weighted by Gasteiger charge is -2.10. The molecule has 2 aromatic rings. The van der Waals surface area contributed by atoms with Crippen molar-refractivity contribution in [1.82, 2.24) is 5.32 Å². The van der Waals surface area contributed by atoms with Crippen molar-refractivity contribution in [3.8, 4) is 5.75 Å². The van der Waals surface area contributed by atoms with Gasteiger partial charge in [-0.3, -0.25) is 14.9 Å². The van der Waals surface area contributed by atoms with E-state index in [4.69, 9.17) is 4.74 Å². The van der Waals surface area contributed by atoms with Crippen LogP contribution in [-0.4, -0.2) is 32.1 Å². The molecule has 150 valence electrons. The SMILES string of the molecule is CC(C)COc1ccc(CNC(=O)c2cc([N+](=O)[O-])cc(S(C)(=O)=O)c2)cc1. The maximum atomic E-state index is 12.4. The van der Waals surface area contributed by atoms with Gasteiger partial charge in [0.15, 0.2) is 9.84 Å². The molecule has 0 unspecified atom stereocenters. The van der Waals surface area contributed by atoms with Crippen LogP contribution in [0, 0.1) is 16.0 Å². The highest BCUT2D eigenvalue weighted by molar-refractivity contribution is 7.90. The standard InChI is InChI=1S/C19H22N2O6S/c1-13(2)12-27-17-6-4-14(5-7-17)11-20-19(22)15-8-16(21(23)24)10-18(9-15)28(3,25)26/h4-10,13H,11-12H2,1-3H3,(H,20,22). The number of ether oxygens (including phenoxy) is 1. The average molecular weight is 406 g/mol. The minimum Gasteiger partial charge on any atom is -0.493 e. The van der Waals surface area contributed by atoms with Crippen molar-refractivity contribution >= 4 is 21.4 Å². The Morgan fingerprint density at radius 1 is 1.18 bits per heavy atom. The first-order valence-electron chi connectivity index (χ1n) is 8.55. The number of carbonyl (C=O) groups is 1. The van der Waals surface area contributed by atoms with Gasteiger partial charge in [0.05, 0.1) is 16.4 Å². The van der Waals surface area contributed by atoms with Gasteiger partial charge in [-0.25, -0.2) is 8.42 Å². The fourth-order valence-corrected chi connectivity index (χ4v) is 2.96. The number of amides is 1. The van der Waals surface area contributed by atoms with Crippen molar-refractivity contribution in [3.05, 3.63) is 63.7 Å². The first-order valence-corrected chi connectivity index (χ1v) is 10.4. The van der Waals surface area contributed by atoms with Gasteiger partial charge in [-0.1, -0.05) is 26.0 Å². The molecule has 0 saturated heterocycles. The van der Waals surface area contributed by atoms with Crippen LogP contribution >= 0.6 is 0 Å². The van der Waals surface area contributed by atoms with E-state index in [1.165, 1.54) is 0 Å². The number of rotatable bonds is 8. The summed E-state index contributed by atoms with van der Waals surface area (Å²) in [5.74, 6) is 0.528. The molecule has 0 atom stereocenters. The van der Waals surface area contributed by atoms with Crippen molar-refractivity contribution in [2.75, 3.05) is 12.9 Å². The van der Waals surface area contributed by atoms with Crippen molar-refractivity contribution in [1.29, 1.82) is 0 Å². The highest BCUT2D eigenvalue weighted by atomic mass is 32.2. The van der Waals surface area contributed by atoms with Crippen molar-refractivity contribution < 1.29 is 22.9 Å². The van der Waals surface area contributed by atoms with Crippen LogP contribution in [0.15, 0.2) is 47.4 Å². The fraction of sp³-hybridized carbons (Fsp3) is 0.316. The molecule has 1 N–H and O–H groups in total. The molecule has 0 aromatic heterocycles. The smallest absolute Gasteiger partial charge is 0.271 e. The summed E-state index contributed by atoms with van der Waals surface area (Å²) in [5, 5.41) is 13.7. The summed E-state index contributed by atoms with van der Waals surface area (Å²) < 4.78 is 29.0. The topological polar surface area (TPSA) is 116 Å². The number of non-ortho nitro benzene ring substituents is 1. The van der Waals surface area contributed by atoms with Gasteiger partial charge in [0, 0.05) is 30.5 Å². The van der Waals surface area contributed by atoms with Crippen molar-refractivity contribution in [2.24, 2.45) is 5.92 Å². The largest absolute Gasteiger partial charge is 0.493 e. The van der Waals surface area contributed by atoms with Crippen LogP contribution in [0.4, 0.5) is 5.69 Å². The van der Waals surface area contributed by atoms with Gasteiger partial charge in [-0.2, -0.15) is 0 Å². The van der Waals surface area contributed by atoms with Crippen LogP contribution in [0.5, 0.6) is 5.75 Å². The van der Waals surface area contributed by atoms with Crippen molar-refractivity contribution in [2.45, 2.75) is 25.3 Å². The minimum atomic E-state index is -3.70. The quantitative estimate of drug-likeness (QED) is 0.532. The lowest BCUT2D eigenvalue weighted by Crippen LogP contribution is -2.23. The van der Waals surface area contributed by atoms with Gasteiger partial charge in [0.2, 0.25) is 0 Å². The number of nitrogens with one attached hydrogen (secondary N) is 1. The Hall–Kier alpha value is -2.94. The third-order valence-electron chi connectivity index (χ3n) is 3.75. The molecule has 1 amide bonds. The van der Waals surface area contributed by atoms with E-state index in [-0.39, 0.29) is 17.0 Å². The van der Waals surface area contributed by atoms with Crippen LogP contribution in [0.2, 0.25) is 0 Å². The summed E-state index contributed by atoms with van der Waals surface area (Å²) in [7, 11) is -3.70. The Bertz CT molecular complexity index is 968. The first kappa shape index (κ1) is 21.4. The molecule has 0 spiro atoms. The van der Waals surface area contributed by atoms with Gasteiger partial charge in [-0.05, 0) is 29.7 Å². The third kappa shape index (κ3) is 6.05. The Kier molecular flexibility index (Phi) is 6.74. The van der Waals surface area contributed by atoms with Gasteiger partial charge in [0.25, 0.3) is 11.6 Å². The second-order valence-corrected chi connectivity index (χ2v) is 8.79. The molecular weight excluding hydrogens is 384 g/mol. The second kappa shape index (κ2) is 8.83. The Balaban J connectivity index is 2.10. The number of benzene rings is 2. The maximum Gasteiger partial charge on any atom is 0.271 e. The number of nitro groups is 1. The highest BCUT2D eigenvalue weighted by Gasteiger charge is 2.19. The molecule has 9 heteroatoms. The Morgan fingerprint density at radius 2 is 1.82 bits per heavy atom. The van der Waals surface area contributed by atoms with E-state index in [0.29, 0.717) is 12.5 Å². The minimum absolute atomic E-state index is 0.0912. The van der Waals surface area contributed by atoms with E-state index in [0.717, 1.165) is 35.8 Å². The lowest BCUT2D eigenvalue weighted by molar-refractivity contribution is -0.385. The van der Waals surface area contributed by atoms with E-state index in [1.807, 2.05) is 13.8 Å². The number of hydrogen-bond donors (Lipinski definition) is 1. The highest BCUT2D eigenvalue weighted by Crippen LogP contribution is 2.21. The molecule has 2 rings (SSSR count). The molecule has 0 radical (unpaired) electrons. The monoisotopic (exact) mass is 406 g/mol. The number of nitro benzene ring substituents is 1. The number of hydrogen-bond acceptors (Lipinski definition) is 6. The molecule has 0 fully saturated rings. The van der Waals surface area contributed by atoms with Crippen molar-refractivity contribution in [3.63, 3.8) is 0 Å². The zero-order valence-corrected chi connectivity index (χ0v) is 16.7. The molecule has 2 aromatic carbocycles. The van der Waals surface area contributed by atoms with Gasteiger partial charge in [0.1, 0.15) is 5.75 Å². The van der Waals surface area contributed by atoms with Crippen LogP contribution in [0.1, 0.15) is 29.8 Å². The summed E-state index contributed by atoms with van der Waals surface area (Å²) in [6, 6.07) is 10.3. The number of carbonyl (C=O) groups excluding carboxylic acids is 1. The van der Waals surface area contributed by atoms with Crippen LogP contribution in [0.3, 0.4) is 0 Å². The van der Waals surface area contributed by atoms with Crippen LogP contribution in [-0.2, 0) is 16.4 Å². The molecular formula is C19H22N2O6S. The first-order chi connectivity index (χ1) is 13.1. The number of nitrogens with zero attached hydrogens (tertiary/aromatic N) is 1. The molecule has 0 saturated carbocycles. The van der Waals surface area contributed by atoms with Crippen LogP contribution in [0.25, 0.3) is 0 Å². The van der Waals surface area contributed by atoms with E-state index in [1.54, 1.807) is 24.3 Å². The molecule has 0 aliphatic carbocycles. The average Bonchev–Trinajstić information content (AvgIpc) is 2.64. The summed E-state index contributed by atoms with van der Waals surface area (Å²) in [4.78, 5) is 22.4. The zero-order valence-electron chi connectivity index (χ0n) is 15.8. The van der Waals surface area contributed by atoms with Gasteiger partial charge in [-0.15, -0.1) is 0 Å². The molecule has 0 bridgehead atoms.